The Morgan fingerprint density at radius 3 is 2.56 bits per heavy atom. The van der Waals surface area contributed by atoms with Gasteiger partial charge in [0, 0.05) is 12.5 Å². The fourth-order valence-electron chi connectivity index (χ4n) is 1.84. The van der Waals surface area contributed by atoms with Crippen LogP contribution in [0.3, 0.4) is 0 Å². The number of rotatable bonds is 7. The summed E-state index contributed by atoms with van der Waals surface area (Å²) in [5, 5.41) is 12.2. The first-order valence-electron chi connectivity index (χ1n) is 6.36. The molecule has 4 N–H and O–H groups in total. The van der Waals surface area contributed by atoms with Crippen molar-refractivity contribution < 1.29 is 9.90 Å². The first-order chi connectivity index (χ1) is 8.71. The van der Waals surface area contributed by atoms with Crippen molar-refractivity contribution in [3.05, 3.63) is 35.9 Å². The summed E-state index contributed by atoms with van der Waals surface area (Å²) >= 11 is 0. The topological polar surface area (TPSA) is 75.4 Å². The van der Waals surface area contributed by atoms with Gasteiger partial charge in [-0.3, -0.25) is 4.79 Å². The number of hydrogen-bond acceptors (Lipinski definition) is 3. The molecular weight excluding hydrogens is 228 g/mol. The number of nitrogens with two attached hydrogens (primary N) is 1. The smallest absolute Gasteiger partial charge is 0.224 e. The quantitative estimate of drug-likeness (QED) is 0.666. The second kappa shape index (κ2) is 7.84. The first kappa shape index (κ1) is 14.7. The van der Waals surface area contributed by atoms with Crippen LogP contribution in [0.4, 0.5) is 0 Å². The van der Waals surface area contributed by atoms with E-state index in [-0.39, 0.29) is 24.5 Å². The molecule has 0 bridgehead atoms. The standard InChI is InChI=1S/C14H22N2O2/c1-2-12(9-15)14(18)16-13(10-17)8-11-6-4-3-5-7-11/h3-7,12-13,17H,2,8-10,15H2,1H3,(H,16,18). The third-order valence-electron chi connectivity index (χ3n) is 3.04. The lowest BCUT2D eigenvalue weighted by Gasteiger charge is -2.20. The van der Waals surface area contributed by atoms with Gasteiger partial charge in [-0.2, -0.15) is 0 Å². The Balaban J connectivity index is 2.54. The van der Waals surface area contributed by atoms with Gasteiger partial charge in [-0.05, 0) is 18.4 Å². The molecule has 0 spiro atoms. The van der Waals surface area contributed by atoms with Gasteiger partial charge in [0.2, 0.25) is 5.91 Å². The van der Waals surface area contributed by atoms with Crippen molar-refractivity contribution in [1.82, 2.24) is 5.32 Å². The minimum atomic E-state index is -0.250. The second-order valence-corrected chi connectivity index (χ2v) is 4.42. The number of carbonyl (C=O) groups is 1. The highest BCUT2D eigenvalue weighted by Crippen LogP contribution is 2.05. The fraction of sp³-hybridized carbons (Fsp3) is 0.500. The lowest BCUT2D eigenvalue weighted by Crippen LogP contribution is -2.43. The van der Waals surface area contributed by atoms with Crippen LogP contribution in [0.25, 0.3) is 0 Å². The zero-order valence-electron chi connectivity index (χ0n) is 10.8. The average Bonchev–Trinajstić information content (AvgIpc) is 2.40. The van der Waals surface area contributed by atoms with E-state index in [0.717, 1.165) is 5.56 Å². The second-order valence-electron chi connectivity index (χ2n) is 4.42. The molecule has 0 saturated carbocycles. The highest BCUT2D eigenvalue weighted by molar-refractivity contribution is 5.79. The van der Waals surface area contributed by atoms with Crippen molar-refractivity contribution in [2.75, 3.05) is 13.2 Å². The number of aliphatic hydroxyl groups excluding tert-OH is 1. The lowest BCUT2D eigenvalue weighted by molar-refractivity contribution is -0.125. The summed E-state index contributed by atoms with van der Waals surface area (Å²) in [4.78, 5) is 11.9. The van der Waals surface area contributed by atoms with Crippen LogP contribution in [0.15, 0.2) is 30.3 Å². The maximum absolute atomic E-state index is 11.9. The third-order valence-corrected chi connectivity index (χ3v) is 3.04. The van der Waals surface area contributed by atoms with Crippen LogP contribution in [0.5, 0.6) is 0 Å². The molecule has 1 aromatic rings. The van der Waals surface area contributed by atoms with Gasteiger partial charge in [-0.25, -0.2) is 0 Å². The van der Waals surface area contributed by atoms with Crippen molar-refractivity contribution in [2.45, 2.75) is 25.8 Å². The van der Waals surface area contributed by atoms with E-state index in [9.17, 15) is 9.90 Å². The van der Waals surface area contributed by atoms with Crippen LogP contribution in [-0.2, 0) is 11.2 Å². The van der Waals surface area contributed by atoms with E-state index in [1.165, 1.54) is 0 Å². The molecule has 0 fully saturated rings. The maximum Gasteiger partial charge on any atom is 0.224 e. The number of aliphatic hydroxyl groups is 1. The van der Waals surface area contributed by atoms with E-state index in [0.29, 0.717) is 19.4 Å². The molecule has 2 unspecified atom stereocenters. The molecule has 1 rings (SSSR count). The monoisotopic (exact) mass is 250 g/mol. The molecule has 0 saturated heterocycles. The maximum atomic E-state index is 11.9. The summed E-state index contributed by atoms with van der Waals surface area (Å²) in [5.74, 6) is -0.246. The predicted octanol–water partition coefficient (Wildman–Crippen LogP) is 0.691. The van der Waals surface area contributed by atoms with Crippen LogP contribution in [0.1, 0.15) is 18.9 Å². The molecule has 4 heteroatoms. The summed E-state index contributed by atoms with van der Waals surface area (Å²) < 4.78 is 0. The molecule has 0 radical (unpaired) electrons. The molecule has 100 valence electrons. The molecule has 0 heterocycles. The molecule has 0 aliphatic heterocycles. The van der Waals surface area contributed by atoms with Gasteiger partial charge in [-0.15, -0.1) is 0 Å². The van der Waals surface area contributed by atoms with Crippen molar-refractivity contribution in [3.63, 3.8) is 0 Å². The van der Waals surface area contributed by atoms with Gasteiger partial charge in [0.25, 0.3) is 0 Å². The van der Waals surface area contributed by atoms with Crippen LogP contribution in [0.2, 0.25) is 0 Å². The lowest BCUT2D eigenvalue weighted by atomic mass is 10.0. The van der Waals surface area contributed by atoms with Crippen molar-refractivity contribution >= 4 is 5.91 Å². The van der Waals surface area contributed by atoms with E-state index in [1.54, 1.807) is 0 Å². The minimum Gasteiger partial charge on any atom is -0.394 e. The van der Waals surface area contributed by atoms with E-state index in [1.807, 2.05) is 37.3 Å². The SMILES string of the molecule is CCC(CN)C(=O)NC(CO)Cc1ccccc1. The van der Waals surface area contributed by atoms with Crippen molar-refractivity contribution in [3.8, 4) is 0 Å². The Bertz CT molecular complexity index is 350. The number of amides is 1. The molecule has 0 aromatic heterocycles. The van der Waals surface area contributed by atoms with E-state index in [2.05, 4.69) is 5.32 Å². The molecule has 0 aliphatic carbocycles. The molecular formula is C14H22N2O2. The van der Waals surface area contributed by atoms with Gasteiger partial charge in [-0.1, -0.05) is 37.3 Å². The third kappa shape index (κ3) is 4.47. The number of carbonyl (C=O) groups excluding carboxylic acids is 1. The normalized spacial score (nSPS) is 13.9. The fourth-order valence-corrected chi connectivity index (χ4v) is 1.84. The number of benzene rings is 1. The molecule has 0 aliphatic rings. The molecule has 1 amide bonds. The Labute approximate surface area is 108 Å². The molecule has 2 atom stereocenters. The van der Waals surface area contributed by atoms with Crippen LogP contribution >= 0.6 is 0 Å². The molecule has 4 nitrogen and oxygen atoms in total. The Hall–Kier alpha value is -1.39. The summed E-state index contributed by atoms with van der Waals surface area (Å²) in [6.45, 7) is 2.20. The highest BCUT2D eigenvalue weighted by atomic mass is 16.3. The average molecular weight is 250 g/mol. The predicted molar refractivity (Wildman–Crippen MR) is 72.0 cm³/mol. The first-order valence-corrected chi connectivity index (χ1v) is 6.36. The Morgan fingerprint density at radius 2 is 2.06 bits per heavy atom. The molecule has 1 aromatic carbocycles. The zero-order valence-corrected chi connectivity index (χ0v) is 10.8. The van der Waals surface area contributed by atoms with Crippen LogP contribution < -0.4 is 11.1 Å². The van der Waals surface area contributed by atoms with Gasteiger partial charge in [0.15, 0.2) is 0 Å². The van der Waals surface area contributed by atoms with Crippen LogP contribution in [0, 0.1) is 5.92 Å². The van der Waals surface area contributed by atoms with E-state index in [4.69, 9.17) is 5.73 Å². The molecule has 18 heavy (non-hydrogen) atoms. The largest absolute Gasteiger partial charge is 0.394 e. The Kier molecular flexibility index (Phi) is 6.39. The summed E-state index contributed by atoms with van der Waals surface area (Å²) in [6, 6.07) is 9.54. The van der Waals surface area contributed by atoms with Crippen molar-refractivity contribution in [1.29, 1.82) is 0 Å². The zero-order chi connectivity index (χ0) is 13.4. The summed E-state index contributed by atoms with van der Waals surface area (Å²) in [7, 11) is 0. The van der Waals surface area contributed by atoms with Gasteiger partial charge in [0.05, 0.1) is 12.6 Å². The van der Waals surface area contributed by atoms with E-state index < -0.39 is 0 Å². The van der Waals surface area contributed by atoms with Crippen molar-refractivity contribution in [2.24, 2.45) is 11.7 Å². The van der Waals surface area contributed by atoms with E-state index >= 15 is 0 Å². The van der Waals surface area contributed by atoms with Gasteiger partial charge >= 0.3 is 0 Å². The Morgan fingerprint density at radius 1 is 1.39 bits per heavy atom. The van der Waals surface area contributed by atoms with Crippen LogP contribution in [-0.4, -0.2) is 30.2 Å². The summed E-state index contributed by atoms with van der Waals surface area (Å²) in [5.41, 5.74) is 6.63. The van der Waals surface area contributed by atoms with Gasteiger partial charge < -0.3 is 16.2 Å². The number of hydrogen-bond donors (Lipinski definition) is 3. The van der Waals surface area contributed by atoms with Gasteiger partial charge in [0.1, 0.15) is 0 Å². The number of nitrogens with one attached hydrogen (secondary N) is 1. The highest BCUT2D eigenvalue weighted by Gasteiger charge is 2.18. The minimum absolute atomic E-state index is 0.0678. The summed E-state index contributed by atoms with van der Waals surface area (Å²) in [6.07, 6.45) is 1.34.